The van der Waals surface area contributed by atoms with Crippen molar-refractivity contribution in [2.24, 2.45) is 0 Å². The maximum atomic E-state index is 13.2. The molecule has 12 nitrogen and oxygen atoms in total. The Bertz CT molecular complexity index is 1260. The summed E-state index contributed by atoms with van der Waals surface area (Å²) in [5.74, 6) is 0.756. The van der Waals surface area contributed by atoms with Gasteiger partial charge in [-0.15, -0.1) is 0 Å². The molecule has 3 amide bonds. The first-order valence-electron chi connectivity index (χ1n) is 12.3. The van der Waals surface area contributed by atoms with Gasteiger partial charge in [0.2, 0.25) is 0 Å². The third-order valence-corrected chi connectivity index (χ3v) is 6.48. The number of rotatable bonds is 9. The quantitative estimate of drug-likeness (QED) is 0.490. The van der Waals surface area contributed by atoms with Gasteiger partial charge in [0.05, 0.1) is 12.8 Å². The van der Waals surface area contributed by atoms with Crippen LogP contribution in [0, 0.1) is 11.3 Å². The zero-order chi connectivity index (χ0) is 27.2. The molecule has 0 unspecified atom stereocenters. The van der Waals surface area contributed by atoms with E-state index in [1.165, 1.54) is 24.3 Å². The van der Waals surface area contributed by atoms with Crippen molar-refractivity contribution in [1.82, 2.24) is 14.9 Å². The van der Waals surface area contributed by atoms with Crippen LogP contribution < -0.4 is 15.0 Å². The summed E-state index contributed by atoms with van der Waals surface area (Å²) >= 11 is 0. The summed E-state index contributed by atoms with van der Waals surface area (Å²) in [6.07, 6.45) is 3.16. The van der Waals surface area contributed by atoms with Crippen molar-refractivity contribution in [1.29, 1.82) is 5.26 Å². The number of amides is 3. The first kappa shape index (κ1) is 27.0. The smallest absolute Gasteiger partial charge is 0.328 e. The third kappa shape index (κ3) is 5.74. The molecular formula is C26H30N6O6. The lowest BCUT2D eigenvalue weighted by Gasteiger charge is -2.29. The van der Waals surface area contributed by atoms with Gasteiger partial charge in [-0.05, 0) is 31.4 Å². The third-order valence-electron chi connectivity index (χ3n) is 6.48. The maximum Gasteiger partial charge on any atom is 0.328 e. The predicted molar refractivity (Wildman–Crippen MR) is 136 cm³/mol. The molecule has 0 saturated carbocycles. The number of nitrogens with one attached hydrogen (secondary N) is 1. The lowest BCUT2D eigenvalue weighted by atomic mass is 10.0. The fourth-order valence-corrected chi connectivity index (χ4v) is 4.63. The van der Waals surface area contributed by atoms with Crippen LogP contribution in [-0.4, -0.2) is 79.2 Å². The Kier molecular flexibility index (Phi) is 8.50. The van der Waals surface area contributed by atoms with E-state index in [1.807, 2.05) is 12.1 Å². The molecule has 4 heterocycles. The molecule has 1 fully saturated rings. The van der Waals surface area contributed by atoms with Crippen molar-refractivity contribution in [2.45, 2.75) is 44.9 Å². The van der Waals surface area contributed by atoms with E-state index in [1.54, 1.807) is 18.9 Å². The molecule has 2 aromatic heterocycles. The Balaban J connectivity index is 1.54. The van der Waals surface area contributed by atoms with E-state index < -0.39 is 12.1 Å². The van der Waals surface area contributed by atoms with Crippen LogP contribution in [-0.2, 0) is 27.2 Å². The number of ether oxygens (including phenoxy) is 3. The SMILES string of the molecule is COC[C@@H](C)Oc1cc(NC(=O)N2CCCc3cc(CN4CC[C@@H](OC)C4=O)c(C=O)nc32)ncc1C#N. The molecule has 200 valence electrons. The van der Waals surface area contributed by atoms with Crippen molar-refractivity contribution >= 4 is 29.9 Å². The van der Waals surface area contributed by atoms with E-state index in [2.05, 4.69) is 15.3 Å². The Hall–Kier alpha value is -4.08. The highest BCUT2D eigenvalue weighted by molar-refractivity contribution is 6.01. The molecule has 0 aliphatic carbocycles. The second-order valence-corrected chi connectivity index (χ2v) is 9.15. The van der Waals surface area contributed by atoms with E-state index in [0.29, 0.717) is 56.6 Å². The number of fused-ring (bicyclic) bond motifs is 1. The lowest BCUT2D eigenvalue weighted by Crippen LogP contribution is -2.40. The number of nitrogens with zero attached hydrogens (tertiary/aromatic N) is 5. The first-order valence-corrected chi connectivity index (χ1v) is 12.3. The van der Waals surface area contributed by atoms with Gasteiger partial charge in [-0.1, -0.05) is 0 Å². The average molecular weight is 523 g/mol. The van der Waals surface area contributed by atoms with Crippen LogP contribution >= 0.6 is 0 Å². The zero-order valence-electron chi connectivity index (χ0n) is 21.6. The number of carbonyl (C=O) groups excluding carboxylic acids is 3. The first-order chi connectivity index (χ1) is 18.4. The molecule has 1 N–H and O–H groups in total. The monoisotopic (exact) mass is 522 g/mol. The van der Waals surface area contributed by atoms with Gasteiger partial charge < -0.3 is 19.1 Å². The predicted octanol–water partition coefficient (Wildman–Crippen LogP) is 2.31. The van der Waals surface area contributed by atoms with Crippen molar-refractivity contribution in [3.8, 4) is 11.8 Å². The summed E-state index contributed by atoms with van der Waals surface area (Å²) in [5.41, 5.74) is 1.85. The van der Waals surface area contributed by atoms with Gasteiger partial charge >= 0.3 is 6.03 Å². The molecule has 2 aliphatic heterocycles. The molecule has 2 aliphatic rings. The van der Waals surface area contributed by atoms with E-state index in [-0.39, 0.29) is 41.4 Å². The van der Waals surface area contributed by atoms with Crippen molar-refractivity contribution < 1.29 is 28.6 Å². The number of aldehydes is 1. The lowest BCUT2D eigenvalue weighted by molar-refractivity contribution is -0.136. The molecule has 4 rings (SSSR count). The maximum absolute atomic E-state index is 13.2. The topological polar surface area (TPSA) is 147 Å². The van der Waals surface area contributed by atoms with Gasteiger partial charge in [0.25, 0.3) is 5.91 Å². The largest absolute Gasteiger partial charge is 0.487 e. The van der Waals surface area contributed by atoms with Gasteiger partial charge in [0, 0.05) is 51.9 Å². The Morgan fingerprint density at radius 1 is 1.34 bits per heavy atom. The van der Waals surface area contributed by atoms with Gasteiger partial charge in [-0.25, -0.2) is 14.8 Å². The van der Waals surface area contributed by atoms with E-state index in [0.717, 1.165) is 5.56 Å². The van der Waals surface area contributed by atoms with E-state index in [9.17, 15) is 19.6 Å². The molecule has 0 aromatic carbocycles. The summed E-state index contributed by atoms with van der Waals surface area (Å²) < 4.78 is 16.1. The molecule has 2 atom stereocenters. The Morgan fingerprint density at radius 2 is 2.16 bits per heavy atom. The number of aromatic nitrogens is 2. The van der Waals surface area contributed by atoms with Gasteiger partial charge in [0.15, 0.2) is 6.29 Å². The number of methoxy groups -OCH3 is 2. The fourth-order valence-electron chi connectivity index (χ4n) is 4.63. The number of urea groups is 1. The van der Waals surface area contributed by atoms with E-state index in [4.69, 9.17) is 14.2 Å². The molecule has 38 heavy (non-hydrogen) atoms. The molecular weight excluding hydrogens is 492 g/mol. The number of aryl methyl sites for hydroxylation is 1. The van der Waals surface area contributed by atoms with Crippen molar-refractivity contribution in [3.63, 3.8) is 0 Å². The number of nitriles is 1. The van der Waals surface area contributed by atoms with Crippen LogP contribution in [0.5, 0.6) is 5.75 Å². The highest BCUT2D eigenvalue weighted by Gasteiger charge is 2.33. The average Bonchev–Trinajstić information content (AvgIpc) is 3.26. The van der Waals surface area contributed by atoms with Crippen LogP contribution in [0.4, 0.5) is 16.4 Å². The Labute approximate surface area is 220 Å². The number of anilines is 2. The second-order valence-electron chi connectivity index (χ2n) is 9.15. The van der Waals surface area contributed by atoms with Gasteiger partial charge in [-0.3, -0.25) is 19.8 Å². The summed E-state index contributed by atoms with van der Waals surface area (Å²) in [6, 6.07) is 4.88. The number of pyridine rings is 2. The van der Waals surface area contributed by atoms with Crippen molar-refractivity contribution in [3.05, 3.63) is 40.7 Å². The highest BCUT2D eigenvalue weighted by Crippen LogP contribution is 2.30. The molecule has 0 radical (unpaired) electrons. The number of hydrogen-bond donors (Lipinski definition) is 1. The van der Waals surface area contributed by atoms with Crippen LogP contribution in [0.2, 0.25) is 0 Å². The molecule has 0 bridgehead atoms. The standard InChI is InChI=1S/C26H30N6O6/c1-16(15-36-2)38-22-10-23(28-12-19(22)11-27)30-26(35)32-7-4-5-17-9-18(20(14-33)29-24(17)32)13-31-8-6-21(37-3)25(31)34/h9-10,12,14,16,21H,4-8,13,15H2,1-3H3,(H,28,30,35)/t16-,21-/m1/s1. The van der Waals surface area contributed by atoms with E-state index >= 15 is 0 Å². The fraction of sp³-hybridized carbons (Fsp3) is 0.462. The Morgan fingerprint density at radius 3 is 2.84 bits per heavy atom. The minimum Gasteiger partial charge on any atom is -0.487 e. The van der Waals surface area contributed by atoms with Crippen LogP contribution in [0.25, 0.3) is 0 Å². The summed E-state index contributed by atoms with van der Waals surface area (Å²) in [6.45, 7) is 3.31. The minimum absolute atomic E-state index is 0.113. The highest BCUT2D eigenvalue weighted by atomic mass is 16.5. The molecule has 2 aromatic rings. The zero-order valence-corrected chi connectivity index (χ0v) is 21.6. The number of hydrogen-bond acceptors (Lipinski definition) is 9. The molecule has 1 saturated heterocycles. The molecule has 12 heteroatoms. The van der Waals surface area contributed by atoms with Crippen LogP contribution in [0.15, 0.2) is 18.3 Å². The van der Waals surface area contributed by atoms with Crippen LogP contribution in [0.1, 0.15) is 46.9 Å². The summed E-state index contributed by atoms with van der Waals surface area (Å²) in [7, 11) is 3.06. The van der Waals surface area contributed by atoms with Gasteiger partial charge in [-0.2, -0.15) is 5.26 Å². The number of carbonyl (C=O) groups is 3. The summed E-state index contributed by atoms with van der Waals surface area (Å²) in [5, 5.41) is 12.1. The van der Waals surface area contributed by atoms with Gasteiger partial charge in [0.1, 0.15) is 46.9 Å². The second kappa shape index (κ2) is 12.0. The minimum atomic E-state index is -0.478. The number of likely N-dealkylation sites (tertiary alicyclic amines) is 1. The normalized spacial score (nSPS) is 17.5. The molecule has 0 spiro atoms. The summed E-state index contributed by atoms with van der Waals surface area (Å²) in [4.78, 5) is 49.5. The van der Waals surface area contributed by atoms with Crippen molar-refractivity contribution in [2.75, 3.05) is 44.1 Å². The van der Waals surface area contributed by atoms with Crippen LogP contribution in [0.3, 0.4) is 0 Å².